The Bertz CT molecular complexity index is 861. The molecule has 1 aliphatic heterocycles. The van der Waals surface area contributed by atoms with Crippen molar-refractivity contribution in [2.24, 2.45) is 0 Å². The molecule has 0 saturated heterocycles. The van der Waals surface area contributed by atoms with Gasteiger partial charge in [0.25, 0.3) is 0 Å². The van der Waals surface area contributed by atoms with E-state index in [0.29, 0.717) is 5.56 Å². The van der Waals surface area contributed by atoms with E-state index in [1.165, 1.54) is 25.3 Å². The van der Waals surface area contributed by atoms with Crippen LogP contribution >= 0.6 is 0 Å². The topological polar surface area (TPSA) is 137 Å². The maximum Gasteiger partial charge on any atom is 0.310 e. The quantitative estimate of drug-likeness (QED) is 0.407. The average molecular weight is 362 g/mol. The van der Waals surface area contributed by atoms with Gasteiger partial charge in [0.05, 0.1) is 19.6 Å². The normalized spacial score (nSPS) is 18.7. The second-order valence-corrected chi connectivity index (χ2v) is 6.01. The van der Waals surface area contributed by atoms with Crippen LogP contribution in [0.2, 0.25) is 0 Å². The average Bonchev–Trinajstić information content (AvgIpc) is 2.60. The van der Waals surface area contributed by atoms with E-state index in [1.54, 1.807) is 0 Å². The molecule has 1 heterocycles. The Morgan fingerprint density at radius 1 is 1.12 bits per heavy atom. The minimum atomic E-state index is -1.06. The minimum absolute atomic E-state index is 0.00191. The van der Waals surface area contributed by atoms with Gasteiger partial charge in [0.15, 0.2) is 11.5 Å². The number of carbonyl (C=O) groups excluding carboxylic acids is 1. The number of aliphatic hydroxyl groups excluding tert-OH is 1. The van der Waals surface area contributed by atoms with Crippen molar-refractivity contribution >= 4 is 5.97 Å². The zero-order valence-corrected chi connectivity index (χ0v) is 13.8. The van der Waals surface area contributed by atoms with Crippen molar-refractivity contribution in [3.05, 3.63) is 41.0 Å². The Balaban J connectivity index is 2.06. The summed E-state index contributed by atoms with van der Waals surface area (Å²) in [6, 6.07) is 5.05. The summed E-state index contributed by atoms with van der Waals surface area (Å²) in [4.78, 5) is 11.6. The van der Waals surface area contributed by atoms with Crippen LogP contribution < -0.4 is 4.74 Å². The fraction of sp³-hybridized carbons (Fsp3) is 0.278. The summed E-state index contributed by atoms with van der Waals surface area (Å²) in [7, 11) is 1.21. The molecule has 0 radical (unpaired) electrons. The maximum absolute atomic E-state index is 11.6. The van der Waals surface area contributed by atoms with Crippen molar-refractivity contribution in [1.29, 1.82) is 0 Å². The minimum Gasteiger partial charge on any atom is -0.507 e. The van der Waals surface area contributed by atoms with Crippen LogP contribution in [0.3, 0.4) is 0 Å². The van der Waals surface area contributed by atoms with Crippen LogP contribution in [-0.2, 0) is 22.4 Å². The SMILES string of the molecule is COC(=O)Cc1c(O)cc(O)c2c1O[C@H](c1ccc(O)c(O)c1)[C@@H](O)C2. The lowest BCUT2D eigenvalue weighted by Crippen LogP contribution is -2.31. The van der Waals surface area contributed by atoms with Crippen molar-refractivity contribution in [2.75, 3.05) is 7.11 Å². The number of carbonyl (C=O) groups is 1. The number of rotatable bonds is 3. The van der Waals surface area contributed by atoms with E-state index < -0.39 is 18.2 Å². The third kappa shape index (κ3) is 3.06. The summed E-state index contributed by atoms with van der Waals surface area (Å²) in [5, 5.41) is 49.7. The summed E-state index contributed by atoms with van der Waals surface area (Å²) >= 11 is 0. The number of phenolic OH excluding ortho intramolecular Hbond substituents is 4. The van der Waals surface area contributed by atoms with Crippen molar-refractivity contribution in [3.63, 3.8) is 0 Å². The van der Waals surface area contributed by atoms with Gasteiger partial charge in [0.1, 0.15) is 23.4 Å². The Kier molecular flexibility index (Phi) is 4.52. The molecular formula is C18H18O8. The number of phenols is 4. The fourth-order valence-electron chi connectivity index (χ4n) is 2.97. The summed E-state index contributed by atoms with van der Waals surface area (Å²) < 4.78 is 10.4. The lowest BCUT2D eigenvalue weighted by Gasteiger charge is -2.33. The summed E-state index contributed by atoms with van der Waals surface area (Å²) in [6.45, 7) is 0. The van der Waals surface area contributed by atoms with Crippen molar-refractivity contribution in [2.45, 2.75) is 25.0 Å². The summed E-state index contributed by atoms with van der Waals surface area (Å²) in [5.74, 6) is -1.83. The highest BCUT2D eigenvalue weighted by Crippen LogP contribution is 2.46. The number of ether oxygens (including phenoxy) is 2. The monoisotopic (exact) mass is 362 g/mol. The zero-order chi connectivity index (χ0) is 19.0. The van der Waals surface area contributed by atoms with E-state index in [9.17, 15) is 30.3 Å². The van der Waals surface area contributed by atoms with Crippen molar-refractivity contribution in [1.82, 2.24) is 0 Å². The highest BCUT2D eigenvalue weighted by atomic mass is 16.5. The number of methoxy groups -OCH3 is 1. The van der Waals surface area contributed by atoms with Crippen LogP contribution in [0.15, 0.2) is 24.3 Å². The Hall–Kier alpha value is -3.13. The van der Waals surface area contributed by atoms with Gasteiger partial charge >= 0.3 is 5.97 Å². The van der Waals surface area contributed by atoms with E-state index in [0.717, 1.165) is 6.07 Å². The van der Waals surface area contributed by atoms with Crippen LogP contribution in [0.25, 0.3) is 0 Å². The zero-order valence-electron chi connectivity index (χ0n) is 13.8. The molecule has 0 bridgehead atoms. The van der Waals surface area contributed by atoms with Crippen molar-refractivity contribution < 1.29 is 39.8 Å². The lowest BCUT2D eigenvalue weighted by molar-refractivity contribution is -0.139. The third-order valence-corrected chi connectivity index (χ3v) is 4.32. The Morgan fingerprint density at radius 3 is 2.50 bits per heavy atom. The van der Waals surface area contributed by atoms with E-state index in [-0.39, 0.29) is 52.7 Å². The first kappa shape index (κ1) is 17.7. The Labute approximate surface area is 148 Å². The van der Waals surface area contributed by atoms with Crippen molar-refractivity contribution in [3.8, 4) is 28.7 Å². The van der Waals surface area contributed by atoms with Gasteiger partial charge in [-0.05, 0) is 17.7 Å². The van der Waals surface area contributed by atoms with Crippen LogP contribution in [-0.4, -0.2) is 44.7 Å². The van der Waals surface area contributed by atoms with Gasteiger partial charge in [-0.3, -0.25) is 4.79 Å². The van der Waals surface area contributed by atoms with Gasteiger partial charge in [-0.25, -0.2) is 0 Å². The number of aliphatic hydroxyl groups is 1. The molecule has 0 fully saturated rings. The highest BCUT2D eigenvalue weighted by Gasteiger charge is 2.35. The number of fused-ring (bicyclic) bond motifs is 1. The standard InChI is InChI=1S/C18H18O8/c1-25-16(24)6-10-13(21)7-12(20)9-5-15(23)17(26-18(9)10)8-2-3-11(19)14(22)4-8/h2-4,7,15,17,19-23H,5-6H2,1H3/t15-,17+/m0/s1. The van der Waals surface area contributed by atoms with Gasteiger partial charge in [-0.2, -0.15) is 0 Å². The van der Waals surface area contributed by atoms with Gasteiger partial charge in [0, 0.05) is 23.6 Å². The maximum atomic E-state index is 11.6. The van der Waals surface area contributed by atoms with Crippen LogP contribution in [0.4, 0.5) is 0 Å². The molecule has 0 unspecified atom stereocenters. The van der Waals surface area contributed by atoms with Gasteiger partial charge in [0.2, 0.25) is 0 Å². The molecule has 0 aliphatic carbocycles. The molecule has 5 N–H and O–H groups in total. The fourth-order valence-corrected chi connectivity index (χ4v) is 2.97. The number of benzene rings is 2. The van der Waals surface area contributed by atoms with Crippen LogP contribution in [0.5, 0.6) is 28.7 Å². The molecule has 8 nitrogen and oxygen atoms in total. The molecule has 1 aliphatic rings. The molecule has 0 aromatic heterocycles. The molecule has 0 amide bonds. The van der Waals surface area contributed by atoms with Crippen LogP contribution in [0, 0.1) is 0 Å². The highest BCUT2D eigenvalue weighted by molar-refractivity contribution is 5.76. The molecule has 8 heteroatoms. The number of hydrogen-bond donors (Lipinski definition) is 5. The first-order chi connectivity index (χ1) is 12.3. The van der Waals surface area contributed by atoms with E-state index in [4.69, 9.17) is 4.74 Å². The molecule has 26 heavy (non-hydrogen) atoms. The predicted octanol–water partition coefficient (Wildman–Crippen LogP) is 1.26. The molecule has 0 saturated carbocycles. The summed E-state index contributed by atoms with van der Waals surface area (Å²) in [5.41, 5.74) is 0.767. The third-order valence-electron chi connectivity index (χ3n) is 4.32. The first-order valence-electron chi connectivity index (χ1n) is 7.82. The molecule has 2 atom stereocenters. The first-order valence-corrected chi connectivity index (χ1v) is 7.82. The van der Waals surface area contributed by atoms with Gasteiger partial charge < -0.3 is 35.0 Å². The van der Waals surface area contributed by atoms with Gasteiger partial charge in [-0.15, -0.1) is 0 Å². The van der Waals surface area contributed by atoms with Crippen LogP contribution in [0.1, 0.15) is 22.8 Å². The molecule has 138 valence electrons. The Morgan fingerprint density at radius 2 is 1.85 bits per heavy atom. The molecule has 2 aromatic rings. The number of aromatic hydroxyl groups is 4. The molecule has 2 aromatic carbocycles. The molecule has 0 spiro atoms. The predicted molar refractivity (Wildman–Crippen MR) is 88.3 cm³/mol. The van der Waals surface area contributed by atoms with Gasteiger partial charge in [-0.1, -0.05) is 6.07 Å². The second-order valence-electron chi connectivity index (χ2n) is 6.01. The van der Waals surface area contributed by atoms with E-state index >= 15 is 0 Å². The second kappa shape index (κ2) is 6.64. The molecular weight excluding hydrogens is 344 g/mol. The smallest absolute Gasteiger partial charge is 0.310 e. The summed E-state index contributed by atoms with van der Waals surface area (Å²) in [6.07, 6.45) is -2.28. The number of hydrogen-bond acceptors (Lipinski definition) is 8. The number of esters is 1. The molecule has 3 rings (SSSR count). The lowest BCUT2D eigenvalue weighted by atomic mass is 9.91. The van der Waals surface area contributed by atoms with E-state index in [2.05, 4.69) is 4.74 Å². The van der Waals surface area contributed by atoms with E-state index in [1.807, 2.05) is 0 Å². The largest absolute Gasteiger partial charge is 0.507 e.